The molecule has 0 aliphatic carbocycles. The molecule has 0 radical (unpaired) electrons. The van der Waals surface area contributed by atoms with Crippen LogP contribution in [0.25, 0.3) is 0 Å². The first-order valence-electron chi connectivity index (χ1n) is 18.8. The molecule has 11 nitrogen and oxygen atoms in total. The fraction of sp³-hybridized carbons (Fsp3) is 0.725. The first-order valence-corrected chi connectivity index (χ1v) is 18.8. The van der Waals surface area contributed by atoms with Gasteiger partial charge in [-0.05, 0) is 76.5 Å². The molecule has 0 amide bonds. The van der Waals surface area contributed by atoms with Gasteiger partial charge in [-0.2, -0.15) is 0 Å². The van der Waals surface area contributed by atoms with Crippen LogP contribution in [0.4, 0.5) is 0 Å². The Balaban J connectivity index is 1.71. The Labute approximate surface area is 304 Å². The van der Waals surface area contributed by atoms with Gasteiger partial charge in [0.2, 0.25) is 0 Å². The lowest BCUT2D eigenvalue weighted by Gasteiger charge is -2.48. The predicted octanol–water partition coefficient (Wildman–Crippen LogP) is 4.08. The number of esters is 1. The van der Waals surface area contributed by atoms with Crippen LogP contribution in [0.2, 0.25) is 0 Å². The van der Waals surface area contributed by atoms with Gasteiger partial charge in [0.05, 0.1) is 54.9 Å². The summed E-state index contributed by atoms with van der Waals surface area (Å²) in [7, 11) is 0. The number of fused-ring (bicyclic) bond motifs is 2. The molecule has 11 heteroatoms. The zero-order chi connectivity index (χ0) is 37.6. The summed E-state index contributed by atoms with van der Waals surface area (Å²) in [5.41, 5.74) is 0.462. The first kappa shape index (κ1) is 43.2. The summed E-state index contributed by atoms with van der Waals surface area (Å²) in [5, 5.41) is 74.6. The average Bonchev–Trinajstić information content (AvgIpc) is 3.01. The summed E-state index contributed by atoms with van der Waals surface area (Å²) < 4.78 is 18.5. The number of cyclic esters (lactones) is 1. The van der Waals surface area contributed by atoms with E-state index in [0.717, 1.165) is 0 Å². The van der Waals surface area contributed by atoms with Gasteiger partial charge >= 0.3 is 5.97 Å². The van der Waals surface area contributed by atoms with Gasteiger partial charge in [-0.25, -0.2) is 4.79 Å². The molecule has 2 saturated heterocycles. The molecular formula is C40H64O11. The maximum absolute atomic E-state index is 12.8. The third-order valence-electron chi connectivity index (χ3n) is 9.92. The predicted molar refractivity (Wildman–Crippen MR) is 194 cm³/mol. The van der Waals surface area contributed by atoms with Crippen molar-refractivity contribution in [3.8, 4) is 0 Å². The minimum Gasteiger partial charge on any atom is -0.458 e. The number of hydrogen-bond donors (Lipinski definition) is 7. The smallest absolute Gasteiger partial charge is 0.334 e. The van der Waals surface area contributed by atoms with Crippen molar-refractivity contribution in [2.75, 3.05) is 0 Å². The number of aliphatic hydroxyl groups is 7. The zero-order valence-corrected chi connectivity index (χ0v) is 30.9. The molecule has 12 atom stereocenters. The van der Waals surface area contributed by atoms with E-state index in [1.165, 1.54) is 0 Å². The highest BCUT2D eigenvalue weighted by atomic mass is 16.7. The van der Waals surface area contributed by atoms with Crippen molar-refractivity contribution in [2.45, 2.75) is 172 Å². The standard InChI is InChI=1S/C40H64O11/c1-26(2)38-27(3)15-16-29(41)17-30(42)18-31(43)19-32(44)20-33(45)21-37-23-35(47)25-40(51-37)24-34(46)22-36(50-40)14-12-10-8-6-5-7-9-11-13-28(4)39(48)49-38/h5-13,26-27,29-38,41-47H,14-25H2,1-4H3/t27-,29-,30-,31+,32-,33+,34-,35+,36+,37+,38-,40-/m0/s1. The number of carbonyl (C=O) groups is 1. The van der Waals surface area contributed by atoms with E-state index in [0.29, 0.717) is 31.3 Å². The van der Waals surface area contributed by atoms with Crippen molar-refractivity contribution < 1.29 is 54.8 Å². The van der Waals surface area contributed by atoms with Crippen molar-refractivity contribution in [1.29, 1.82) is 0 Å². The normalized spacial score (nSPS) is 39.4. The van der Waals surface area contributed by atoms with Crippen LogP contribution < -0.4 is 0 Å². The first-order chi connectivity index (χ1) is 24.1. The second kappa shape index (κ2) is 21.5. The van der Waals surface area contributed by atoms with Crippen molar-refractivity contribution in [3.63, 3.8) is 0 Å². The molecule has 0 aromatic heterocycles. The number of rotatable bonds is 1. The van der Waals surface area contributed by atoms with E-state index < -0.39 is 60.6 Å². The van der Waals surface area contributed by atoms with E-state index in [2.05, 4.69) is 0 Å². The van der Waals surface area contributed by atoms with Gasteiger partial charge in [0.1, 0.15) is 6.10 Å². The molecule has 3 bridgehead atoms. The Morgan fingerprint density at radius 2 is 1.10 bits per heavy atom. The topological polar surface area (TPSA) is 186 Å². The second-order valence-electron chi connectivity index (χ2n) is 15.4. The molecule has 3 rings (SSSR count). The SMILES string of the molecule is CC1=CC=CC=CC=CC=CC[C@@H]2C[C@H](O)C[C@]3(C[C@H](O)C[C@@H](C[C@H](O)C[C@@H](O)C[C@H](O)C[C@@H](O)C[C@@H](O)CC[C@H](C)[C@H](C(C)C)OC1=O)O3)O2. The van der Waals surface area contributed by atoms with Crippen molar-refractivity contribution >= 4 is 5.97 Å². The quantitative estimate of drug-likeness (QED) is 0.194. The van der Waals surface area contributed by atoms with Gasteiger partial charge in [-0.1, -0.05) is 75.5 Å². The third kappa shape index (κ3) is 15.8. The molecule has 0 aromatic carbocycles. The number of carbonyl (C=O) groups excluding carboxylic acids is 1. The average molecular weight is 721 g/mol. The minimum absolute atomic E-state index is 0.0383. The van der Waals surface area contributed by atoms with E-state index in [-0.39, 0.29) is 75.4 Å². The fourth-order valence-electron chi connectivity index (χ4n) is 7.49. The second-order valence-corrected chi connectivity index (χ2v) is 15.4. The molecule has 1 spiro atoms. The number of aliphatic hydroxyl groups excluding tert-OH is 7. The summed E-state index contributed by atoms with van der Waals surface area (Å²) >= 11 is 0. The molecular weight excluding hydrogens is 656 g/mol. The van der Waals surface area contributed by atoms with E-state index in [1.807, 2.05) is 63.3 Å². The Bertz CT molecular complexity index is 1190. The fourth-order valence-corrected chi connectivity index (χ4v) is 7.49. The zero-order valence-electron chi connectivity index (χ0n) is 30.9. The van der Waals surface area contributed by atoms with Gasteiger partial charge in [0, 0.05) is 24.8 Å². The highest BCUT2D eigenvalue weighted by Gasteiger charge is 2.48. The minimum atomic E-state index is -1.19. The van der Waals surface area contributed by atoms with Crippen LogP contribution in [0.3, 0.4) is 0 Å². The molecule has 0 aromatic rings. The highest BCUT2D eigenvalue weighted by Crippen LogP contribution is 2.41. The van der Waals surface area contributed by atoms with E-state index >= 15 is 0 Å². The molecule has 2 fully saturated rings. The van der Waals surface area contributed by atoms with Crippen LogP contribution in [0, 0.1) is 11.8 Å². The summed E-state index contributed by atoms with van der Waals surface area (Å²) in [6.45, 7) is 7.65. The molecule has 3 aliphatic rings. The molecule has 51 heavy (non-hydrogen) atoms. The Kier molecular flexibility index (Phi) is 18.2. The van der Waals surface area contributed by atoms with Crippen LogP contribution in [0.1, 0.15) is 105 Å². The summed E-state index contributed by atoms with van der Waals surface area (Å²) in [6.07, 6.45) is 11.5. The Morgan fingerprint density at radius 1 is 0.627 bits per heavy atom. The van der Waals surface area contributed by atoms with Crippen LogP contribution in [-0.4, -0.2) is 109 Å². The van der Waals surface area contributed by atoms with E-state index in [4.69, 9.17) is 14.2 Å². The molecule has 290 valence electrons. The maximum atomic E-state index is 12.8. The molecule has 7 N–H and O–H groups in total. The Morgan fingerprint density at radius 3 is 1.69 bits per heavy atom. The lowest BCUT2D eigenvalue weighted by molar-refractivity contribution is -0.340. The highest BCUT2D eigenvalue weighted by molar-refractivity contribution is 5.88. The molecule has 0 saturated carbocycles. The summed E-state index contributed by atoms with van der Waals surface area (Å²) in [4.78, 5) is 12.8. The van der Waals surface area contributed by atoms with Gasteiger partial charge in [0.25, 0.3) is 0 Å². The van der Waals surface area contributed by atoms with Gasteiger partial charge in [-0.15, -0.1) is 0 Å². The van der Waals surface area contributed by atoms with Gasteiger partial charge in [-0.3, -0.25) is 0 Å². The molecule has 3 aliphatic heterocycles. The van der Waals surface area contributed by atoms with Gasteiger partial charge in [0.15, 0.2) is 5.79 Å². The Hall–Kier alpha value is -2.19. The van der Waals surface area contributed by atoms with Crippen molar-refractivity contribution in [3.05, 3.63) is 60.3 Å². The van der Waals surface area contributed by atoms with Gasteiger partial charge < -0.3 is 50.0 Å². The maximum Gasteiger partial charge on any atom is 0.334 e. The lowest BCUT2D eigenvalue weighted by Crippen LogP contribution is -2.55. The van der Waals surface area contributed by atoms with Crippen LogP contribution in [-0.2, 0) is 19.0 Å². The van der Waals surface area contributed by atoms with E-state index in [9.17, 15) is 40.5 Å². The monoisotopic (exact) mass is 720 g/mol. The molecule has 3 heterocycles. The lowest BCUT2D eigenvalue weighted by atomic mass is 9.87. The third-order valence-corrected chi connectivity index (χ3v) is 9.92. The van der Waals surface area contributed by atoms with Crippen LogP contribution in [0.15, 0.2) is 60.3 Å². The summed E-state index contributed by atoms with van der Waals surface area (Å²) in [5.74, 6) is -1.58. The number of ether oxygens (including phenoxy) is 3. The van der Waals surface area contributed by atoms with Crippen molar-refractivity contribution in [1.82, 2.24) is 0 Å². The molecule has 0 unspecified atom stereocenters. The van der Waals surface area contributed by atoms with Crippen molar-refractivity contribution in [2.24, 2.45) is 11.8 Å². The summed E-state index contributed by atoms with van der Waals surface area (Å²) in [6, 6.07) is 0. The largest absolute Gasteiger partial charge is 0.458 e. The van der Waals surface area contributed by atoms with E-state index in [1.54, 1.807) is 19.1 Å². The van der Waals surface area contributed by atoms with Crippen LogP contribution >= 0.6 is 0 Å². The van der Waals surface area contributed by atoms with Crippen LogP contribution in [0.5, 0.6) is 0 Å². The number of allylic oxidation sites excluding steroid dienone is 8. The number of hydrogen-bond acceptors (Lipinski definition) is 11.